The summed E-state index contributed by atoms with van der Waals surface area (Å²) in [5.74, 6) is 0.337. The highest BCUT2D eigenvalue weighted by Gasteiger charge is 2.47. The number of halogens is 1. The predicted molar refractivity (Wildman–Crippen MR) is 156 cm³/mol. The molecule has 1 unspecified atom stereocenters. The maximum atomic E-state index is 13.4. The molecule has 2 aliphatic heterocycles. The van der Waals surface area contributed by atoms with E-state index in [-0.39, 0.29) is 17.2 Å². The van der Waals surface area contributed by atoms with E-state index in [0.717, 1.165) is 47.6 Å². The van der Waals surface area contributed by atoms with Gasteiger partial charge in [0.2, 0.25) is 0 Å². The van der Waals surface area contributed by atoms with Crippen molar-refractivity contribution < 1.29 is 4.79 Å². The number of amides is 1. The van der Waals surface area contributed by atoms with Crippen molar-refractivity contribution in [1.82, 2.24) is 10.2 Å². The van der Waals surface area contributed by atoms with Crippen LogP contribution >= 0.6 is 23.4 Å². The molecule has 1 spiro atoms. The van der Waals surface area contributed by atoms with Crippen molar-refractivity contribution in [3.8, 4) is 0 Å². The summed E-state index contributed by atoms with van der Waals surface area (Å²) in [7, 11) is 1.94. The summed E-state index contributed by atoms with van der Waals surface area (Å²) in [6.07, 6.45) is 4.54. The van der Waals surface area contributed by atoms with Gasteiger partial charge >= 0.3 is 0 Å². The van der Waals surface area contributed by atoms with Gasteiger partial charge in [0.15, 0.2) is 0 Å². The number of hydrogen-bond donors (Lipinski definition) is 1. The SMILES string of the molecule is Cc1cc(C)cc(C(=O)N(C)C[C@@H](CCC2Sc3ccccc3C23CCNCC3)c2ccc(Cl)cc2)c1. The fraction of sp³-hybridized carbons (Fsp3) is 0.406. The zero-order valence-electron chi connectivity index (χ0n) is 22.1. The summed E-state index contributed by atoms with van der Waals surface area (Å²) in [6, 6.07) is 23.4. The topological polar surface area (TPSA) is 32.3 Å². The molecular formula is C32H37ClN2OS. The molecule has 194 valence electrons. The Labute approximate surface area is 231 Å². The van der Waals surface area contributed by atoms with Crippen LogP contribution in [0.5, 0.6) is 0 Å². The minimum absolute atomic E-state index is 0.0863. The largest absolute Gasteiger partial charge is 0.341 e. The van der Waals surface area contributed by atoms with E-state index in [2.05, 4.69) is 59.5 Å². The molecule has 1 amide bonds. The molecule has 5 rings (SSSR count). The van der Waals surface area contributed by atoms with E-state index in [4.69, 9.17) is 11.6 Å². The molecule has 2 atom stereocenters. The molecule has 0 aromatic heterocycles. The van der Waals surface area contributed by atoms with Crippen molar-refractivity contribution in [2.45, 2.75) is 61.0 Å². The van der Waals surface area contributed by atoms with Gasteiger partial charge in [0, 0.05) is 45.7 Å². The van der Waals surface area contributed by atoms with Gasteiger partial charge in [-0.3, -0.25) is 4.79 Å². The van der Waals surface area contributed by atoms with E-state index in [1.807, 2.05) is 50.1 Å². The number of thioether (sulfide) groups is 1. The molecule has 3 aromatic carbocycles. The molecule has 1 fully saturated rings. The highest BCUT2D eigenvalue weighted by molar-refractivity contribution is 8.00. The smallest absolute Gasteiger partial charge is 0.253 e. The molecule has 3 nitrogen and oxygen atoms in total. The Morgan fingerprint density at radius 3 is 2.43 bits per heavy atom. The summed E-state index contributed by atoms with van der Waals surface area (Å²) in [5, 5.41) is 4.88. The van der Waals surface area contributed by atoms with Gasteiger partial charge in [0.1, 0.15) is 0 Å². The molecule has 1 saturated heterocycles. The van der Waals surface area contributed by atoms with Crippen molar-refractivity contribution >= 4 is 29.3 Å². The molecule has 5 heteroatoms. The van der Waals surface area contributed by atoms with Gasteiger partial charge in [-0.05, 0) is 94.1 Å². The lowest BCUT2D eigenvalue weighted by molar-refractivity contribution is 0.0784. The highest BCUT2D eigenvalue weighted by Crippen LogP contribution is 2.55. The van der Waals surface area contributed by atoms with Crippen LogP contribution in [0.4, 0.5) is 0 Å². The molecule has 0 radical (unpaired) electrons. The normalized spacial score (nSPS) is 19.0. The Morgan fingerprint density at radius 1 is 1.05 bits per heavy atom. The molecule has 0 aliphatic carbocycles. The Bertz CT molecular complexity index is 1230. The number of rotatable bonds is 7. The van der Waals surface area contributed by atoms with E-state index in [1.54, 1.807) is 5.56 Å². The summed E-state index contributed by atoms with van der Waals surface area (Å²) in [5.41, 5.74) is 6.07. The van der Waals surface area contributed by atoms with Crippen molar-refractivity contribution in [1.29, 1.82) is 0 Å². The Kier molecular flexibility index (Phi) is 7.99. The molecule has 2 aliphatic rings. The molecule has 2 heterocycles. The van der Waals surface area contributed by atoms with Crippen molar-refractivity contribution in [3.63, 3.8) is 0 Å². The summed E-state index contributed by atoms with van der Waals surface area (Å²) < 4.78 is 0. The van der Waals surface area contributed by atoms with E-state index in [0.29, 0.717) is 11.8 Å². The van der Waals surface area contributed by atoms with Crippen LogP contribution in [0.25, 0.3) is 0 Å². The predicted octanol–water partition coefficient (Wildman–Crippen LogP) is 7.39. The number of fused-ring (bicyclic) bond motifs is 2. The van der Waals surface area contributed by atoms with Crippen LogP contribution in [0.2, 0.25) is 5.02 Å². The lowest BCUT2D eigenvalue weighted by Gasteiger charge is -2.40. The van der Waals surface area contributed by atoms with Crippen molar-refractivity contribution in [3.05, 3.63) is 99.6 Å². The molecule has 1 N–H and O–H groups in total. The van der Waals surface area contributed by atoms with Crippen LogP contribution in [0.3, 0.4) is 0 Å². The van der Waals surface area contributed by atoms with E-state index in [9.17, 15) is 4.79 Å². The monoisotopic (exact) mass is 532 g/mol. The summed E-state index contributed by atoms with van der Waals surface area (Å²) >= 11 is 8.31. The number of nitrogens with zero attached hydrogens (tertiary/aromatic N) is 1. The minimum atomic E-state index is 0.0863. The molecule has 0 bridgehead atoms. The van der Waals surface area contributed by atoms with Crippen LogP contribution < -0.4 is 5.32 Å². The van der Waals surface area contributed by atoms with Crippen molar-refractivity contribution in [2.75, 3.05) is 26.7 Å². The second-order valence-corrected chi connectivity index (χ2v) is 12.6. The van der Waals surface area contributed by atoms with E-state index in [1.165, 1.54) is 23.3 Å². The number of nitrogens with one attached hydrogen (secondary N) is 1. The molecule has 37 heavy (non-hydrogen) atoms. The van der Waals surface area contributed by atoms with E-state index >= 15 is 0 Å². The van der Waals surface area contributed by atoms with Gasteiger partial charge in [0.05, 0.1) is 0 Å². The van der Waals surface area contributed by atoms with Crippen LogP contribution in [-0.4, -0.2) is 42.7 Å². The third-order valence-corrected chi connectivity index (χ3v) is 10.1. The lowest BCUT2D eigenvalue weighted by atomic mass is 9.69. The van der Waals surface area contributed by atoms with Crippen LogP contribution in [0.15, 0.2) is 71.6 Å². The number of hydrogen-bond acceptors (Lipinski definition) is 3. The first-order chi connectivity index (χ1) is 17.9. The highest BCUT2D eigenvalue weighted by atomic mass is 35.5. The maximum absolute atomic E-state index is 13.4. The minimum Gasteiger partial charge on any atom is -0.341 e. The molecule has 3 aromatic rings. The van der Waals surface area contributed by atoms with Crippen LogP contribution in [0, 0.1) is 13.8 Å². The number of carbonyl (C=O) groups is 1. The van der Waals surface area contributed by atoms with Gasteiger partial charge in [-0.2, -0.15) is 0 Å². The number of carbonyl (C=O) groups excluding carboxylic acids is 1. The van der Waals surface area contributed by atoms with Crippen LogP contribution in [0.1, 0.15) is 64.2 Å². The summed E-state index contributed by atoms with van der Waals surface area (Å²) in [4.78, 5) is 16.8. The first-order valence-corrected chi connectivity index (χ1v) is 14.7. The van der Waals surface area contributed by atoms with Gasteiger partial charge in [-0.15, -0.1) is 11.8 Å². The number of benzene rings is 3. The van der Waals surface area contributed by atoms with Gasteiger partial charge < -0.3 is 10.2 Å². The van der Waals surface area contributed by atoms with Crippen LogP contribution in [-0.2, 0) is 5.41 Å². The Morgan fingerprint density at radius 2 is 1.73 bits per heavy atom. The second kappa shape index (κ2) is 11.2. The van der Waals surface area contributed by atoms with E-state index < -0.39 is 0 Å². The lowest BCUT2D eigenvalue weighted by Crippen LogP contribution is -2.44. The first-order valence-electron chi connectivity index (χ1n) is 13.4. The zero-order valence-corrected chi connectivity index (χ0v) is 23.7. The zero-order chi connectivity index (χ0) is 26.0. The Balaban J connectivity index is 1.37. The number of likely N-dealkylation sites (N-methyl/N-ethyl adjacent to an activating group) is 1. The van der Waals surface area contributed by atoms with Crippen molar-refractivity contribution in [2.24, 2.45) is 0 Å². The average molecular weight is 533 g/mol. The molecule has 0 saturated carbocycles. The average Bonchev–Trinajstić information content (AvgIpc) is 3.18. The third kappa shape index (κ3) is 5.62. The molecular weight excluding hydrogens is 496 g/mol. The maximum Gasteiger partial charge on any atom is 0.253 e. The second-order valence-electron chi connectivity index (χ2n) is 10.9. The van der Waals surface area contributed by atoms with Gasteiger partial charge in [-0.1, -0.05) is 59.1 Å². The summed E-state index contributed by atoms with van der Waals surface area (Å²) in [6.45, 7) is 6.95. The number of aryl methyl sites for hydroxylation is 2. The quantitative estimate of drug-likeness (QED) is 0.344. The number of piperidine rings is 1. The van der Waals surface area contributed by atoms with Gasteiger partial charge in [-0.25, -0.2) is 0 Å². The fourth-order valence-corrected chi connectivity index (χ4v) is 8.23. The van der Waals surface area contributed by atoms with Gasteiger partial charge in [0.25, 0.3) is 5.91 Å². The third-order valence-electron chi connectivity index (χ3n) is 8.23. The Hall–Kier alpha value is -2.27. The standard InChI is InChI=1S/C32H37ClN2OS/c1-22-18-23(2)20-26(19-22)31(36)35(3)21-25(24-8-11-27(33)12-9-24)10-13-30-32(14-16-34-17-15-32)28-6-4-5-7-29(28)37-30/h4-9,11-12,18-20,25,30,34H,10,13-17,21H2,1-3H3/t25-,30?/m1/s1. The fourth-order valence-electron chi connectivity index (χ4n) is 6.40. The first kappa shape index (κ1) is 26.3.